The van der Waals surface area contributed by atoms with E-state index in [-0.39, 0.29) is 24.0 Å². The minimum Gasteiger partial charge on any atom is -0.355 e. The van der Waals surface area contributed by atoms with E-state index in [0.29, 0.717) is 18.9 Å². The van der Waals surface area contributed by atoms with Crippen LogP contribution in [0.2, 0.25) is 0 Å². The topological polar surface area (TPSA) is 49.4 Å². The van der Waals surface area contributed by atoms with Gasteiger partial charge in [0.25, 0.3) is 0 Å². The van der Waals surface area contributed by atoms with Crippen LogP contribution in [0.3, 0.4) is 0 Å². The highest BCUT2D eigenvalue weighted by Gasteiger charge is 2.16. The molecule has 0 unspecified atom stereocenters. The average Bonchev–Trinajstić information content (AvgIpc) is 2.51. The SMILES string of the molecule is CC(C)Cc1ccc([C@@H](C)C(=O)CCC(=O)NCCN(C)C)cc1. The third-order valence-corrected chi connectivity index (χ3v) is 4.09. The lowest BCUT2D eigenvalue weighted by Gasteiger charge is -2.13. The van der Waals surface area contributed by atoms with Gasteiger partial charge in [0.2, 0.25) is 5.91 Å². The fraction of sp³-hybridized carbons (Fsp3) is 0.600. The number of likely N-dealkylation sites (N-methyl/N-ethyl adjacent to an activating group) is 1. The molecule has 0 aromatic heterocycles. The number of carbonyl (C=O) groups excluding carboxylic acids is 2. The summed E-state index contributed by atoms with van der Waals surface area (Å²) < 4.78 is 0. The zero-order valence-corrected chi connectivity index (χ0v) is 15.8. The van der Waals surface area contributed by atoms with Gasteiger partial charge in [-0.1, -0.05) is 45.0 Å². The summed E-state index contributed by atoms with van der Waals surface area (Å²) in [7, 11) is 3.92. The van der Waals surface area contributed by atoms with Crippen molar-refractivity contribution in [1.82, 2.24) is 10.2 Å². The predicted molar refractivity (Wildman–Crippen MR) is 99.2 cm³/mol. The van der Waals surface area contributed by atoms with E-state index in [2.05, 4.69) is 31.3 Å². The second kappa shape index (κ2) is 10.2. The predicted octanol–water partition coefficient (Wildman–Crippen LogP) is 3.02. The van der Waals surface area contributed by atoms with Crippen LogP contribution in [0.4, 0.5) is 0 Å². The summed E-state index contributed by atoms with van der Waals surface area (Å²) >= 11 is 0. The molecule has 0 radical (unpaired) electrons. The Balaban J connectivity index is 2.42. The summed E-state index contributed by atoms with van der Waals surface area (Å²) in [5, 5.41) is 2.84. The Hall–Kier alpha value is -1.68. The lowest BCUT2D eigenvalue weighted by atomic mass is 9.92. The quantitative estimate of drug-likeness (QED) is 0.716. The standard InChI is InChI=1S/C20H32N2O2/c1-15(2)14-17-6-8-18(9-7-17)16(3)19(23)10-11-20(24)21-12-13-22(4)5/h6-9,15-16H,10-14H2,1-5H3,(H,21,24)/t16-/m1/s1. The van der Waals surface area contributed by atoms with Crippen LogP contribution in [-0.2, 0) is 16.0 Å². The molecule has 0 saturated heterocycles. The largest absolute Gasteiger partial charge is 0.355 e. The smallest absolute Gasteiger partial charge is 0.220 e. The van der Waals surface area contributed by atoms with Crippen LogP contribution in [0.25, 0.3) is 0 Å². The third kappa shape index (κ3) is 7.73. The number of nitrogens with one attached hydrogen (secondary N) is 1. The second-order valence-electron chi connectivity index (χ2n) is 7.18. The van der Waals surface area contributed by atoms with E-state index in [1.54, 1.807) is 0 Å². The monoisotopic (exact) mass is 332 g/mol. The molecule has 0 fully saturated rings. The normalized spacial score (nSPS) is 12.5. The van der Waals surface area contributed by atoms with Gasteiger partial charge in [-0.3, -0.25) is 9.59 Å². The van der Waals surface area contributed by atoms with Crippen LogP contribution in [0.15, 0.2) is 24.3 Å². The Bertz CT molecular complexity index is 521. The molecule has 1 amide bonds. The molecule has 0 saturated carbocycles. The summed E-state index contributed by atoms with van der Waals surface area (Å²) in [5.41, 5.74) is 2.33. The van der Waals surface area contributed by atoms with Crippen molar-refractivity contribution in [3.63, 3.8) is 0 Å². The second-order valence-corrected chi connectivity index (χ2v) is 7.18. The first-order valence-corrected chi connectivity index (χ1v) is 8.82. The summed E-state index contributed by atoms with van der Waals surface area (Å²) in [6, 6.07) is 8.29. The third-order valence-electron chi connectivity index (χ3n) is 4.09. The van der Waals surface area contributed by atoms with E-state index in [9.17, 15) is 9.59 Å². The van der Waals surface area contributed by atoms with Crippen molar-refractivity contribution in [1.29, 1.82) is 0 Å². The molecule has 4 nitrogen and oxygen atoms in total. The van der Waals surface area contributed by atoms with Crippen molar-refractivity contribution in [2.45, 2.75) is 46.0 Å². The van der Waals surface area contributed by atoms with Gasteiger partial charge in [0.05, 0.1) is 0 Å². The number of hydrogen-bond donors (Lipinski definition) is 1. The summed E-state index contributed by atoms with van der Waals surface area (Å²) in [6.45, 7) is 7.74. The van der Waals surface area contributed by atoms with Crippen LogP contribution in [0, 0.1) is 5.92 Å². The Labute approximate surface area is 146 Å². The Morgan fingerprint density at radius 1 is 1.04 bits per heavy atom. The van der Waals surface area contributed by atoms with Crippen LogP contribution < -0.4 is 5.32 Å². The van der Waals surface area contributed by atoms with Crippen LogP contribution in [0.1, 0.15) is 50.7 Å². The van der Waals surface area contributed by atoms with Crippen molar-refractivity contribution < 1.29 is 9.59 Å². The number of ketones is 1. The van der Waals surface area contributed by atoms with Gasteiger partial charge >= 0.3 is 0 Å². The summed E-state index contributed by atoms with van der Waals surface area (Å²) in [4.78, 5) is 26.1. The fourth-order valence-corrected chi connectivity index (χ4v) is 2.56. The molecule has 1 rings (SSSR count). The molecule has 4 heteroatoms. The van der Waals surface area contributed by atoms with Gasteiger partial charge in [0.1, 0.15) is 5.78 Å². The number of rotatable bonds is 10. The van der Waals surface area contributed by atoms with E-state index < -0.39 is 0 Å². The molecule has 0 aliphatic rings. The van der Waals surface area contributed by atoms with Gasteiger partial charge in [-0.15, -0.1) is 0 Å². The number of nitrogens with zero attached hydrogens (tertiary/aromatic N) is 1. The van der Waals surface area contributed by atoms with Crippen molar-refractivity contribution in [2.75, 3.05) is 27.2 Å². The summed E-state index contributed by atoms with van der Waals surface area (Å²) in [5.74, 6) is 0.535. The molecule has 24 heavy (non-hydrogen) atoms. The minimum atomic E-state index is -0.160. The van der Waals surface area contributed by atoms with E-state index in [4.69, 9.17) is 0 Å². The van der Waals surface area contributed by atoms with Crippen LogP contribution in [-0.4, -0.2) is 43.8 Å². The Kier molecular flexibility index (Phi) is 8.69. The molecular weight excluding hydrogens is 300 g/mol. The van der Waals surface area contributed by atoms with Crippen LogP contribution >= 0.6 is 0 Å². The molecule has 1 aromatic carbocycles. The molecule has 1 aromatic rings. The van der Waals surface area contributed by atoms with Crippen molar-refractivity contribution in [3.8, 4) is 0 Å². The fourth-order valence-electron chi connectivity index (χ4n) is 2.56. The number of amides is 1. The summed E-state index contributed by atoms with van der Waals surface area (Å²) in [6.07, 6.45) is 1.61. The molecule has 0 aliphatic heterocycles. The Morgan fingerprint density at radius 3 is 2.21 bits per heavy atom. The van der Waals surface area contributed by atoms with E-state index in [1.165, 1.54) is 5.56 Å². The molecule has 134 valence electrons. The van der Waals surface area contributed by atoms with Gasteiger partial charge in [-0.2, -0.15) is 0 Å². The highest BCUT2D eigenvalue weighted by molar-refractivity contribution is 5.89. The molecule has 1 atom stereocenters. The van der Waals surface area contributed by atoms with E-state index in [0.717, 1.165) is 18.5 Å². The number of hydrogen-bond acceptors (Lipinski definition) is 3. The van der Waals surface area contributed by atoms with Gasteiger partial charge in [-0.25, -0.2) is 0 Å². The molecule has 0 aliphatic carbocycles. The molecule has 0 bridgehead atoms. The maximum absolute atomic E-state index is 12.3. The van der Waals surface area contributed by atoms with Gasteiger partial charge in [0, 0.05) is 31.8 Å². The number of benzene rings is 1. The zero-order chi connectivity index (χ0) is 18.1. The first-order chi connectivity index (χ1) is 11.3. The maximum atomic E-state index is 12.3. The van der Waals surface area contributed by atoms with Crippen molar-refractivity contribution in [2.24, 2.45) is 5.92 Å². The lowest BCUT2D eigenvalue weighted by molar-refractivity contribution is -0.125. The highest BCUT2D eigenvalue weighted by atomic mass is 16.2. The van der Waals surface area contributed by atoms with Gasteiger partial charge in [0.15, 0.2) is 0 Å². The zero-order valence-electron chi connectivity index (χ0n) is 15.8. The first-order valence-electron chi connectivity index (χ1n) is 8.82. The number of Topliss-reactive ketones (excluding diaryl/α,β-unsaturated/α-hetero) is 1. The highest BCUT2D eigenvalue weighted by Crippen LogP contribution is 2.20. The van der Waals surface area contributed by atoms with Gasteiger partial charge < -0.3 is 10.2 Å². The van der Waals surface area contributed by atoms with E-state index in [1.807, 2.05) is 38.1 Å². The molecule has 1 N–H and O–H groups in total. The lowest BCUT2D eigenvalue weighted by Crippen LogP contribution is -2.31. The molecular formula is C20H32N2O2. The number of carbonyl (C=O) groups is 2. The van der Waals surface area contributed by atoms with E-state index >= 15 is 0 Å². The van der Waals surface area contributed by atoms with Crippen molar-refractivity contribution >= 4 is 11.7 Å². The van der Waals surface area contributed by atoms with Crippen LogP contribution in [0.5, 0.6) is 0 Å². The minimum absolute atomic E-state index is 0.0512. The van der Waals surface area contributed by atoms with Crippen molar-refractivity contribution in [3.05, 3.63) is 35.4 Å². The molecule has 0 heterocycles. The maximum Gasteiger partial charge on any atom is 0.220 e. The first kappa shape index (κ1) is 20.4. The Morgan fingerprint density at radius 2 is 1.67 bits per heavy atom. The molecule has 0 spiro atoms. The van der Waals surface area contributed by atoms with Gasteiger partial charge in [-0.05, 0) is 37.6 Å². The average molecular weight is 332 g/mol.